The van der Waals surface area contributed by atoms with E-state index in [1.807, 2.05) is 13.0 Å². The molecule has 21 heavy (non-hydrogen) atoms. The van der Waals surface area contributed by atoms with E-state index >= 15 is 0 Å². The summed E-state index contributed by atoms with van der Waals surface area (Å²) in [6.45, 7) is 5.54. The Morgan fingerprint density at radius 1 is 1.52 bits per heavy atom. The van der Waals surface area contributed by atoms with Crippen LogP contribution in [0.15, 0.2) is 10.9 Å². The largest absolute Gasteiger partial charge is 0.353 e. The van der Waals surface area contributed by atoms with E-state index in [-0.39, 0.29) is 5.69 Å². The topological polar surface area (TPSA) is 92.3 Å². The van der Waals surface area contributed by atoms with Gasteiger partial charge in [0.15, 0.2) is 5.65 Å². The van der Waals surface area contributed by atoms with Gasteiger partial charge >= 0.3 is 5.69 Å². The van der Waals surface area contributed by atoms with Crippen LogP contribution in [0.5, 0.6) is 0 Å². The molecule has 2 atom stereocenters. The van der Waals surface area contributed by atoms with E-state index in [2.05, 4.69) is 27.0 Å². The predicted molar refractivity (Wildman–Crippen MR) is 81.5 cm³/mol. The zero-order valence-corrected chi connectivity index (χ0v) is 12.5. The van der Waals surface area contributed by atoms with E-state index in [1.165, 1.54) is 17.2 Å². The van der Waals surface area contributed by atoms with Crippen LogP contribution in [-0.2, 0) is 0 Å². The summed E-state index contributed by atoms with van der Waals surface area (Å²) in [5.41, 5.74) is 6.28. The number of aromatic nitrogens is 4. The van der Waals surface area contributed by atoms with Crippen molar-refractivity contribution in [2.24, 2.45) is 11.7 Å². The maximum atomic E-state index is 11.7. The van der Waals surface area contributed by atoms with E-state index in [0.717, 1.165) is 18.8 Å². The van der Waals surface area contributed by atoms with Crippen molar-refractivity contribution in [1.29, 1.82) is 0 Å². The van der Waals surface area contributed by atoms with Crippen molar-refractivity contribution < 1.29 is 0 Å². The Morgan fingerprint density at radius 3 is 3.05 bits per heavy atom. The van der Waals surface area contributed by atoms with E-state index in [9.17, 15) is 4.79 Å². The summed E-state index contributed by atoms with van der Waals surface area (Å²) in [5, 5.41) is 6.53. The first-order valence-corrected chi connectivity index (χ1v) is 7.57. The first kappa shape index (κ1) is 14.1. The highest BCUT2D eigenvalue weighted by atomic mass is 16.1. The Morgan fingerprint density at radius 2 is 2.33 bits per heavy atom. The van der Waals surface area contributed by atoms with Gasteiger partial charge < -0.3 is 10.6 Å². The molecule has 0 amide bonds. The van der Waals surface area contributed by atoms with Gasteiger partial charge in [-0.25, -0.2) is 19.3 Å². The normalized spacial score (nSPS) is 22.0. The minimum atomic E-state index is -0.245. The molecule has 0 saturated heterocycles. The fourth-order valence-corrected chi connectivity index (χ4v) is 3.50. The molecule has 3 N–H and O–H groups in total. The molecule has 1 fully saturated rings. The van der Waals surface area contributed by atoms with Gasteiger partial charge in [0.25, 0.3) is 0 Å². The first-order chi connectivity index (χ1) is 10.2. The molecule has 3 rings (SSSR count). The summed E-state index contributed by atoms with van der Waals surface area (Å²) < 4.78 is 1.49. The van der Waals surface area contributed by atoms with E-state index in [1.54, 1.807) is 0 Å². The van der Waals surface area contributed by atoms with Crippen LogP contribution >= 0.6 is 0 Å². The maximum Gasteiger partial charge on any atom is 0.349 e. The third kappa shape index (κ3) is 2.31. The van der Waals surface area contributed by atoms with Crippen molar-refractivity contribution in [2.75, 3.05) is 18.0 Å². The van der Waals surface area contributed by atoms with Crippen molar-refractivity contribution in [2.45, 2.75) is 39.2 Å². The molecule has 0 bridgehead atoms. The van der Waals surface area contributed by atoms with E-state index < -0.39 is 0 Å². The van der Waals surface area contributed by atoms with Gasteiger partial charge in [-0.05, 0) is 39.2 Å². The molecule has 7 heteroatoms. The summed E-state index contributed by atoms with van der Waals surface area (Å²) in [6, 6.07) is 2.31. The Labute approximate surface area is 123 Å². The molecule has 114 valence electrons. The van der Waals surface area contributed by atoms with Gasteiger partial charge in [0, 0.05) is 18.7 Å². The fourth-order valence-electron chi connectivity index (χ4n) is 3.50. The van der Waals surface area contributed by atoms with Crippen LogP contribution in [0, 0.1) is 12.8 Å². The predicted octanol–water partition coefficient (Wildman–Crippen LogP) is 0.680. The van der Waals surface area contributed by atoms with Crippen molar-refractivity contribution in [3.05, 3.63) is 22.4 Å². The van der Waals surface area contributed by atoms with Crippen LogP contribution in [0.2, 0.25) is 0 Å². The summed E-state index contributed by atoms with van der Waals surface area (Å²) in [6.07, 6.45) is 3.54. The molecule has 0 spiro atoms. The molecule has 1 aliphatic rings. The van der Waals surface area contributed by atoms with Crippen LogP contribution in [0.1, 0.15) is 32.0 Å². The minimum Gasteiger partial charge on any atom is -0.353 e. The van der Waals surface area contributed by atoms with Gasteiger partial charge in [0.05, 0.1) is 0 Å². The number of anilines is 1. The average Bonchev–Trinajstić information content (AvgIpc) is 3.07. The molecule has 2 aromatic heterocycles. The van der Waals surface area contributed by atoms with Crippen LogP contribution in [-0.4, -0.2) is 38.7 Å². The molecule has 2 unspecified atom stereocenters. The van der Waals surface area contributed by atoms with Gasteiger partial charge in [-0.1, -0.05) is 6.42 Å². The summed E-state index contributed by atoms with van der Waals surface area (Å²) in [5.74, 6) is 2.05. The van der Waals surface area contributed by atoms with Crippen LogP contribution in [0.3, 0.4) is 0 Å². The van der Waals surface area contributed by atoms with Crippen LogP contribution < -0.4 is 16.3 Å². The Bertz CT molecular complexity index is 690. The first-order valence-electron chi connectivity index (χ1n) is 7.57. The number of hydrogen-bond acceptors (Lipinski definition) is 5. The number of H-pyrrole nitrogens is 1. The van der Waals surface area contributed by atoms with E-state index in [0.29, 0.717) is 30.0 Å². The molecule has 1 aliphatic carbocycles. The lowest BCUT2D eigenvalue weighted by Gasteiger charge is -2.33. The molecule has 7 nitrogen and oxygen atoms in total. The molecular weight excluding hydrogens is 268 g/mol. The van der Waals surface area contributed by atoms with Gasteiger partial charge in [-0.2, -0.15) is 5.10 Å². The second-order valence-corrected chi connectivity index (χ2v) is 5.66. The second kappa shape index (κ2) is 5.48. The standard InChI is InChI=1S/C14H22N6O/c1-3-19(11-6-4-5-10(11)8-15)12-7-13-17-18-14(21)20(13)9(2)16-12/h7,10-11H,3-6,8,15H2,1-2H3,(H,18,21). The zero-order valence-electron chi connectivity index (χ0n) is 12.5. The molecule has 2 heterocycles. The highest BCUT2D eigenvalue weighted by Crippen LogP contribution is 2.31. The molecule has 0 aromatic carbocycles. The average molecular weight is 290 g/mol. The lowest BCUT2D eigenvalue weighted by molar-refractivity contribution is 0.459. The Kier molecular flexibility index (Phi) is 3.67. The number of nitrogens with one attached hydrogen (secondary N) is 1. The number of rotatable bonds is 4. The fraction of sp³-hybridized carbons (Fsp3) is 0.643. The van der Waals surface area contributed by atoms with Gasteiger partial charge in [0.1, 0.15) is 11.6 Å². The molecule has 0 aliphatic heterocycles. The number of nitrogens with two attached hydrogens (primary N) is 1. The molecule has 0 radical (unpaired) electrons. The quantitative estimate of drug-likeness (QED) is 0.864. The zero-order chi connectivity index (χ0) is 15.0. The smallest absolute Gasteiger partial charge is 0.349 e. The van der Waals surface area contributed by atoms with Crippen LogP contribution in [0.4, 0.5) is 5.82 Å². The third-order valence-electron chi connectivity index (χ3n) is 4.51. The lowest BCUT2D eigenvalue weighted by atomic mass is 10.0. The monoisotopic (exact) mass is 290 g/mol. The number of aryl methyl sites for hydroxylation is 1. The lowest BCUT2D eigenvalue weighted by Crippen LogP contribution is -2.41. The maximum absolute atomic E-state index is 11.7. The van der Waals surface area contributed by atoms with Crippen molar-refractivity contribution >= 4 is 11.5 Å². The Balaban J connectivity index is 2.03. The molecular formula is C14H22N6O. The number of nitrogens with zero attached hydrogens (tertiary/aromatic N) is 4. The second-order valence-electron chi connectivity index (χ2n) is 5.66. The number of fused-ring (bicyclic) bond motifs is 1. The van der Waals surface area contributed by atoms with Crippen molar-refractivity contribution in [3.8, 4) is 0 Å². The molecule has 1 saturated carbocycles. The van der Waals surface area contributed by atoms with Crippen molar-refractivity contribution in [3.63, 3.8) is 0 Å². The highest BCUT2D eigenvalue weighted by molar-refractivity contribution is 5.52. The summed E-state index contributed by atoms with van der Waals surface area (Å²) >= 11 is 0. The SMILES string of the molecule is CCN(c1cc2n[nH]c(=O)n2c(C)n1)C1CCCC1CN. The van der Waals surface area contributed by atoms with Gasteiger partial charge in [-0.15, -0.1) is 0 Å². The van der Waals surface area contributed by atoms with Gasteiger partial charge in [-0.3, -0.25) is 0 Å². The highest BCUT2D eigenvalue weighted by Gasteiger charge is 2.31. The molecule has 2 aromatic rings. The summed E-state index contributed by atoms with van der Waals surface area (Å²) in [4.78, 5) is 18.6. The third-order valence-corrected chi connectivity index (χ3v) is 4.51. The summed E-state index contributed by atoms with van der Waals surface area (Å²) in [7, 11) is 0. The van der Waals surface area contributed by atoms with Crippen molar-refractivity contribution in [1.82, 2.24) is 19.6 Å². The van der Waals surface area contributed by atoms with E-state index in [4.69, 9.17) is 5.73 Å². The number of hydrogen-bond donors (Lipinski definition) is 2. The van der Waals surface area contributed by atoms with Gasteiger partial charge in [0.2, 0.25) is 0 Å². The minimum absolute atomic E-state index is 0.245. The number of aromatic amines is 1. The Hall–Kier alpha value is -1.89. The van der Waals surface area contributed by atoms with Crippen LogP contribution in [0.25, 0.3) is 5.65 Å².